The molecular formula is C16H20ClN3O4. The number of urea groups is 1. The van der Waals surface area contributed by atoms with Gasteiger partial charge in [-0.05, 0) is 31.0 Å². The highest BCUT2D eigenvalue weighted by atomic mass is 35.5. The van der Waals surface area contributed by atoms with Gasteiger partial charge in [0.05, 0.1) is 16.6 Å². The van der Waals surface area contributed by atoms with Crippen molar-refractivity contribution in [3.63, 3.8) is 0 Å². The molecule has 0 radical (unpaired) electrons. The number of hydrogen-bond acceptors (Lipinski definition) is 3. The van der Waals surface area contributed by atoms with Crippen LogP contribution < -0.4 is 10.6 Å². The first-order chi connectivity index (χ1) is 11.4. The fourth-order valence-electron chi connectivity index (χ4n) is 2.49. The maximum atomic E-state index is 12.2. The van der Waals surface area contributed by atoms with Gasteiger partial charge in [-0.2, -0.15) is 0 Å². The molecule has 1 aromatic carbocycles. The third kappa shape index (κ3) is 4.61. The second kappa shape index (κ2) is 8.01. The van der Waals surface area contributed by atoms with Crippen LogP contribution in [0.2, 0.25) is 5.02 Å². The molecule has 3 amide bonds. The molecule has 8 heteroatoms. The predicted molar refractivity (Wildman–Crippen MR) is 91.3 cm³/mol. The highest BCUT2D eigenvalue weighted by molar-refractivity contribution is 6.33. The molecule has 0 spiro atoms. The van der Waals surface area contributed by atoms with Gasteiger partial charge in [0, 0.05) is 25.2 Å². The van der Waals surface area contributed by atoms with Gasteiger partial charge in [-0.25, -0.2) is 4.79 Å². The van der Waals surface area contributed by atoms with Gasteiger partial charge in [-0.15, -0.1) is 0 Å². The van der Waals surface area contributed by atoms with E-state index in [1.54, 1.807) is 18.2 Å². The Hall–Kier alpha value is -2.28. The number of anilines is 2. The summed E-state index contributed by atoms with van der Waals surface area (Å²) < 4.78 is 0. The van der Waals surface area contributed by atoms with E-state index in [0.717, 1.165) is 6.42 Å². The van der Waals surface area contributed by atoms with E-state index in [1.165, 1.54) is 4.90 Å². The number of amides is 3. The number of carbonyl (C=O) groups is 3. The Morgan fingerprint density at radius 3 is 2.71 bits per heavy atom. The van der Waals surface area contributed by atoms with Crippen molar-refractivity contribution in [3.05, 3.63) is 23.2 Å². The molecular weight excluding hydrogens is 334 g/mol. The van der Waals surface area contributed by atoms with Crippen LogP contribution in [0.1, 0.15) is 26.2 Å². The van der Waals surface area contributed by atoms with Crippen LogP contribution in [0.5, 0.6) is 0 Å². The molecule has 7 nitrogen and oxygen atoms in total. The molecule has 1 aromatic rings. The minimum Gasteiger partial charge on any atom is -0.481 e. The van der Waals surface area contributed by atoms with Gasteiger partial charge < -0.3 is 20.6 Å². The maximum Gasteiger partial charge on any atom is 0.321 e. The average molecular weight is 354 g/mol. The molecule has 1 fully saturated rings. The van der Waals surface area contributed by atoms with Gasteiger partial charge >= 0.3 is 12.0 Å². The zero-order chi connectivity index (χ0) is 17.7. The Kier molecular flexibility index (Phi) is 6.03. The van der Waals surface area contributed by atoms with Crippen LogP contribution in [0.3, 0.4) is 0 Å². The number of carbonyl (C=O) groups excluding carboxylic acids is 2. The molecule has 24 heavy (non-hydrogen) atoms. The van der Waals surface area contributed by atoms with Gasteiger partial charge in [0.25, 0.3) is 0 Å². The van der Waals surface area contributed by atoms with Gasteiger partial charge in [-0.3, -0.25) is 9.59 Å². The first-order valence-corrected chi connectivity index (χ1v) is 8.16. The summed E-state index contributed by atoms with van der Waals surface area (Å²) in [6, 6.07) is 4.42. The van der Waals surface area contributed by atoms with Crippen molar-refractivity contribution >= 4 is 40.9 Å². The summed E-state index contributed by atoms with van der Waals surface area (Å²) in [5, 5.41) is 14.7. The molecule has 3 N–H and O–H groups in total. The van der Waals surface area contributed by atoms with Crippen molar-refractivity contribution in [2.24, 2.45) is 5.92 Å². The lowest BCUT2D eigenvalue weighted by Crippen LogP contribution is -2.33. The summed E-state index contributed by atoms with van der Waals surface area (Å²) in [5.41, 5.74) is 0.910. The normalized spacial score (nSPS) is 16.8. The van der Waals surface area contributed by atoms with Gasteiger partial charge in [-0.1, -0.05) is 18.5 Å². The molecule has 1 unspecified atom stereocenters. The highest BCUT2D eigenvalue weighted by Gasteiger charge is 2.31. The second-order valence-electron chi connectivity index (χ2n) is 5.69. The van der Waals surface area contributed by atoms with Crippen LogP contribution in [0.15, 0.2) is 18.2 Å². The number of benzene rings is 1. The molecule has 0 bridgehead atoms. The monoisotopic (exact) mass is 353 g/mol. The van der Waals surface area contributed by atoms with E-state index in [4.69, 9.17) is 16.7 Å². The number of aliphatic carboxylic acids is 1. The zero-order valence-corrected chi connectivity index (χ0v) is 14.1. The van der Waals surface area contributed by atoms with Crippen molar-refractivity contribution in [2.45, 2.75) is 26.2 Å². The number of nitrogens with zero attached hydrogens (tertiary/aromatic N) is 1. The number of nitrogens with one attached hydrogen (secondary N) is 2. The molecule has 1 atom stereocenters. The van der Waals surface area contributed by atoms with Crippen LogP contribution in [0.4, 0.5) is 16.2 Å². The number of likely N-dealkylation sites (tertiary alicyclic amines) is 1. The van der Waals surface area contributed by atoms with Crippen molar-refractivity contribution in [2.75, 3.05) is 23.7 Å². The third-order valence-corrected chi connectivity index (χ3v) is 4.12. The van der Waals surface area contributed by atoms with Crippen molar-refractivity contribution in [1.29, 1.82) is 0 Å². The minimum atomic E-state index is -0.899. The lowest BCUT2D eigenvalue weighted by Gasteiger charge is -2.18. The molecule has 1 aliphatic heterocycles. The topological polar surface area (TPSA) is 98.7 Å². The summed E-state index contributed by atoms with van der Waals surface area (Å²) in [7, 11) is 0. The summed E-state index contributed by atoms with van der Waals surface area (Å²) in [6.45, 7) is 2.46. The molecule has 1 heterocycles. The summed E-state index contributed by atoms with van der Waals surface area (Å²) in [6.07, 6.45) is 1.58. The summed E-state index contributed by atoms with van der Waals surface area (Å²) in [5.74, 6) is -1.55. The number of halogens is 1. The molecule has 0 aromatic heterocycles. The van der Waals surface area contributed by atoms with E-state index < -0.39 is 17.9 Å². The molecule has 0 saturated carbocycles. The number of rotatable bonds is 5. The highest BCUT2D eigenvalue weighted by Crippen LogP contribution is 2.27. The largest absolute Gasteiger partial charge is 0.481 e. The fourth-order valence-corrected chi connectivity index (χ4v) is 2.65. The van der Waals surface area contributed by atoms with Crippen LogP contribution in [0.25, 0.3) is 0 Å². The van der Waals surface area contributed by atoms with Crippen molar-refractivity contribution in [3.8, 4) is 0 Å². The van der Waals surface area contributed by atoms with Crippen LogP contribution >= 0.6 is 11.6 Å². The first-order valence-electron chi connectivity index (χ1n) is 7.78. The first kappa shape index (κ1) is 18.1. The van der Waals surface area contributed by atoms with E-state index in [2.05, 4.69) is 10.6 Å². The predicted octanol–water partition coefficient (Wildman–Crippen LogP) is 3.02. The maximum absolute atomic E-state index is 12.2. The molecule has 2 rings (SSSR count). The zero-order valence-electron chi connectivity index (χ0n) is 13.3. The van der Waals surface area contributed by atoms with Crippen molar-refractivity contribution < 1.29 is 19.5 Å². The van der Waals surface area contributed by atoms with E-state index >= 15 is 0 Å². The SMILES string of the molecule is CCCC(=O)Nc1ccc(Cl)c(NC(=O)N2CCC(C(=O)O)C2)c1. The van der Waals surface area contributed by atoms with Gasteiger partial charge in [0.15, 0.2) is 0 Å². The van der Waals surface area contributed by atoms with E-state index in [9.17, 15) is 14.4 Å². The second-order valence-corrected chi connectivity index (χ2v) is 6.10. The lowest BCUT2D eigenvalue weighted by molar-refractivity contribution is -0.141. The smallest absolute Gasteiger partial charge is 0.321 e. The number of carboxylic acids is 1. The molecule has 130 valence electrons. The summed E-state index contributed by atoms with van der Waals surface area (Å²) in [4.78, 5) is 36.3. The van der Waals surface area contributed by atoms with Crippen LogP contribution in [-0.2, 0) is 9.59 Å². The Morgan fingerprint density at radius 2 is 2.08 bits per heavy atom. The van der Waals surface area contributed by atoms with Crippen molar-refractivity contribution in [1.82, 2.24) is 4.90 Å². The fraction of sp³-hybridized carbons (Fsp3) is 0.438. The van der Waals surface area contributed by atoms with E-state index in [1.807, 2.05) is 6.92 Å². The van der Waals surface area contributed by atoms with Crippen LogP contribution in [0, 0.1) is 5.92 Å². The minimum absolute atomic E-state index is 0.110. The Morgan fingerprint density at radius 1 is 1.33 bits per heavy atom. The van der Waals surface area contributed by atoms with E-state index in [0.29, 0.717) is 35.8 Å². The van der Waals surface area contributed by atoms with Crippen LogP contribution in [-0.4, -0.2) is 41.0 Å². The number of hydrogen-bond donors (Lipinski definition) is 3. The molecule has 0 aliphatic carbocycles. The Balaban J connectivity index is 2.02. The van der Waals surface area contributed by atoms with Gasteiger partial charge in [0.2, 0.25) is 5.91 Å². The quantitative estimate of drug-likeness (QED) is 0.757. The molecule has 1 aliphatic rings. The number of carboxylic acid groups (broad SMARTS) is 1. The Labute approximate surface area is 145 Å². The molecule has 1 saturated heterocycles. The standard InChI is InChI=1S/C16H20ClN3O4/c1-2-3-14(21)18-11-4-5-12(17)13(8-11)19-16(24)20-7-6-10(9-20)15(22)23/h4-5,8,10H,2-3,6-7,9H2,1H3,(H,18,21)(H,19,24)(H,22,23). The van der Waals surface area contributed by atoms with E-state index in [-0.39, 0.29) is 12.5 Å². The van der Waals surface area contributed by atoms with Gasteiger partial charge in [0.1, 0.15) is 0 Å². The Bertz CT molecular complexity index is 650. The average Bonchev–Trinajstić information content (AvgIpc) is 3.01. The summed E-state index contributed by atoms with van der Waals surface area (Å²) >= 11 is 6.08. The third-order valence-electron chi connectivity index (χ3n) is 3.79. The lowest BCUT2D eigenvalue weighted by atomic mass is 10.1.